The molecule has 0 bridgehead atoms. The minimum absolute atomic E-state index is 0.0964. The van der Waals surface area contributed by atoms with Crippen molar-refractivity contribution in [3.63, 3.8) is 0 Å². The van der Waals surface area contributed by atoms with Crippen LogP contribution in [-0.4, -0.2) is 25.9 Å². The molecule has 0 aliphatic heterocycles. The lowest BCUT2D eigenvalue weighted by Gasteiger charge is -2.12. The van der Waals surface area contributed by atoms with Gasteiger partial charge in [0.25, 0.3) is 0 Å². The summed E-state index contributed by atoms with van der Waals surface area (Å²) in [5.74, 6) is -0.155. The predicted molar refractivity (Wildman–Crippen MR) is 99.7 cm³/mol. The van der Waals surface area contributed by atoms with Crippen molar-refractivity contribution in [2.75, 3.05) is 5.32 Å². The Bertz CT molecular complexity index is 898. The fourth-order valence-corrected chi connectivity index (χ4v) is 3.79. The highest BCUT2D eigenvalue weighted by atomic mass is 35.5. The number of thioether (sulfide) groups is 1. The molecule has 0 saturated heterocycles. The van der Waals surface area contributed by atoms with Crippen LogP contribution in [0.2, 0.25) is 5.02 Å². The zero-order valence-electron chi connectivity index (χ0n) is 13.4. The van der Waals surface area contributed by atoms with Gasteiger partial charge in [-0.1, -0.05) is 29.4 Å². The van der Waals surface area contributed by atoms with Crippen LogP contribution in [0, 0.1) is 5.82 Å². The van der Waals surface area contributed by atoms with Gasteiger partial charge in [-0.2, -0.15) is 0 Å². The van der Waals surface area contributed by atoms with Gasteiger partial charge in [0.15, 0.2) is 11.0 Å². The maximum Gasteiger partial charge on any atom is 0.237 e. The summed E-state index contributed by atoms with van der Waals surface area (Å²) < 4.78 is 15.6. The number of benzene rings is 1. The van der Waals surface area contributed by atoms with Crippen molar-refractivity contribution in [1.82, 2.24) is 14.8 Å². The molecule has 0 spiro atoms. The van der Waals surface area contributed by atoms with Crippen molar-refractivity contribution in [2.24, 2.45) is 7.05 Å². The van der Waals surface area contributed by atoms with E-state index in [4.69, 9.17) is 11.6 Å². The van der Waals surface area contributed by atoms with Gasteiger partial charge in [-0.05, 0) is 36.6 Å². The number of amides is 1. The highest BCUT2D eigenvalue weighted by molar-refractivity contribution is 8.00. The second-order valence-electron chi connectivity index (χ2n) is 5.22. The normalized spacial score (nSPS) is 12.2. The Morgan fingerprint density at radius 3 is 2.88 bits per heavy atom. The second kappa shape index (κ2) is 7.55. The second-order valence-corrected chi connectivity index (χ2v) is 7.91. The topological polar surface area (TPSA) is 59.8 Å². The number of carbonyl (C=O) groups is 1. The van der Waals surface area contributed by atoms with E-state index < -0.39 is 11.1 Å². The van der Waals surface area contributed by atoms with Crippen LogP contribution in [0.15, 0.2) is 40.9 Å². The average Bonchev–Trinajstić information content (AvgIpc) is 3.20. The van der Waals surface area contributed by atoms with E-state index in [1.807, 2.05) is 29.1 Å². The molecule has 0 fully saturated rings. The van der Waals surface area contributed by atoms with Gasteiger partial charge in [0.1, 0.15) is 5.82 Å². The largest absolute Gasteiger partial charge is 0.323 e. The quantitative estimate of drug-likeness (QED) is 0.647. The standard InChI is InChI=1S/C16H14ClFN4OS2/c1-9(15(23)19-12-6-5-10(17)8-11(12)18)25-16-21-20-14(22(16)2)13-4-3-7-24-13/h3-9H,1-2H3,(H,19,23). The molecular formula is C16H14ClFN4OS2. The Morgan fingerprint density at radius 1 is 1.40 bits per heavy atom. The van der Waals surface area contributed by atoms with Crippen LogP contribution in [0.1, 0.15) is 6.92 Å². The van der Waals surface area contributed by atoms with Gasteiger partial charge in [-0.3, -0.25) is 4.79 Å². The van der Waals surface area contributed by atoms with Crippen LogP contribution in [0.25, 0.3) is 10.7 Å². The first-order valence-corrected chi connectivity index (χ1v) is 9.45. The third-order valence-electron chi connectivity index (χ3n) is 3.42. The molecule has 3 aromatic rings. The summed E-state index contributed by atoms with van der Waals surface area (Å²) in [5.41, 5.74) is 0.0964. The average molecular weight is 397 g/mol. The molecule has 1 unspecified atom stereocenters. The van der Waals surface area contributed by atoms with Crippen LogP contribution in [-0.2, 0) is 11.8 Å². The number of thiophene rings is 1. The third kappa shape index (κ3) is 4.02. The summed E-state index contributed by atoms with van der Waals surface area (Å²) in [5, 5.41) is 13.3. The van der Waals surface area contributed by atoms with E-state index in [1.54, 1.807) is 18.3 Å². The number of nitrogens with one attached hydrogen (secondary N) is 1. The number of halogens is 2. The molecular weight excluding hydrogens is 383 g/mol. The third-order valence-corrected chi connectivity index (χ3v) is 5.65. The van der Waals surface area contributed by atoms with Gasteiger partial charge < -0.3 is 9.88 Å². The predicted octanol–water partition coefficient (Wildman–Crippen LogP) is 4.46. The summed E-state index contributed by atoms with van der Waals surface area (Å²) >= 11 is 8.54. The molecule has 130 valence electrons. The Hall–Kier alpha value is -1.90. The summed E-state index contributed by atoms with van der Waals surface area (Å²) in [4.78, 5) is 13.3. The van der Waals surface area contributed by atoms with Crippen LogP contribution in [0.5, 0.6) is 0 Å². The van der Waals surface area contributed by atoms with Gasteiger partial charge >= 0.3 is 0 Å². The maximum absolute atomic E-state index is 13.8. The summed E-state index contributed by atoms with van der Waals surface area (Å²) in [7, 11) is 1.85. The Morgan fingerprint density at radius 2 is 2.20 bits per heavy atom. The molecule has 1 atom stereocenters. The zero-order chi connectivity index (χ0) is 18.0. The molecule has 1 N–H and O–H groups in total. The van der Waals surface area contributed by atoms with Gasteiger partial charge in [0.2, 0.25) is 5.91 Å². The molecule has 0 aliphatic rings. The molecule has 9 heteroatoms. The number of nitrogens with zero attached hydrogens (tertiary/aromatic N) is 3. The number of carbonyl (C=O) groups excluding carboxylic acids is 1. The zero-order valence-corrected chi connectivity index (χ0v) is 15.8. The van der Waals surface area contributed by atoms with Crippen LogP contribution >= 0.6 is 34.7 Å². The summed E-state index contributed by atoms with van der Waals surface area (Å²) in [6.45, 7) is 1.73. The molecule has 0 aliphatic carbocycles. The smallest absolute Gasteiger partial charge is 0.237 e. The molecule has 2 aromatic heterocycles. The van der Waals surface area contributed by atoms with Gasteiger partial charge in [-0.25, -0.2) is 4.39 Å². The van der Waals surface area contributed by atoms with Crippen molar-refractivity contribution in [3.05, 3.63) is 46.6 Å². The molecule has 0 radical (unpaired) electrons. The highest BCUT2D eigenvalue weighted by Gasteiger charge is 2.20. The van der Waals surface area contributed by atoms with Crippen molar-refractivity contribution < 1.29 is 9.18 Å². The van der Waals surface area contributed by atoms with E-state index in [0.29, 0.717) is 5.16 Å². The molecule has 1 amide bonds. The van der Waals surface area contributed by atoms with E-state index in [9.17, 15) is 9.18 Å². The fraction of sp³-hybridized carbons (Fsp3) is 0.188. The number of anilines is 1. The van der Waals surface area contributed by atoms with Gasteiger partial charge in [0.05, 0.1) is 15.8 Å². The van der Waals surface area contributed by atoms with E-state index in [0.717, 1.165) is 16.8 Å². The summed E-state index contributed by atoms with van der Waals surface area (Å²) in [6, 6.07) is 8.02. The van der Waals surface area contributed by atoms with E-state index in [1.165, 1.54) is 23.9 Å². The lowest BCUT2D eigenvalue weighted by atomic mass is 10.3. The minimum atomic E-state index is -0.573. The number of hydrogen-bond donors (Lipinski definition) is 1. The maximum atomic E-state index is 13.8. The first kappa shape index (κ1) is 17.9. The van der Waals surface area contributed by atoms with Crippen molar-refractivity contribution in [2.45, 2.75) is 17.3 Å². The molecule has 3 rings (SSSR count). The van der Waals surface area contributed by atoms with E-state index >= 15 is 0 Å². The van der Waals surface area contributed by atoms with E-state index in [2.05, 4.69) is 15.5 Å². The monoisotopic (exact) mass is 396 g/mol. The number of rotatable bonds is 5. The van der Waals surface area contributed by atoms with Crippen molar-refractivity contribution in [1.29, 1.82) is 0 Å². The highest BCUT2D eigenvalue weighted by Crippen LogP contribution is 2.28. The van der Waals surface area contributed by atoms with Gasteiger partial charge in [-0.15, -0.1) is 21.5 Å². The Labute approximate surface area is 157 Å². The van der Waals surface area contributed by atoms with Crippen LogP contribution in [0.4, 0.5) is 10.1 Å². The summed E-state index contributed by atoms with van der Waals surface area (Å²) in [6.07, 6.45) is 0. The molecule has 1 aromatic carbocycles. The van der Waals surface area contributed by atoms with Gasteiger partial charge in [0, 0.05) is 12.1 Å². The lowest BCUT2D eigenvalue weighted by Crippen LogP contribution is -2.23. The SMILES string of the molecule is CC(Sc1nnc(-c2cccs2)n1C)C(=O)Nc1ccc(Cl)cc1F. The Kier molecular flexibility index (Phi) is 5.41. The lowest BCUT2D eigenvalue weighted by molar-refractivity contribution is -0.115. The fourth-order valence-electron chi connectivity index (χ4n) is 2.07. The molecule has 2 heterocycles. The molecule has 25 heavy (non-hydrogen) atoms. The van der Waals surface area contributed by atoms with Crippen LogP contribution in [0.3, 0.4) is 0 Å². The van der Waals surface area contributed by atoms with Crippen LogP contribution < -0.4 is 5.32 Å². The first-order valence-electron chi connectivity index (χ1n) is 7.31. The van der Waals surface area contributed by atoms with Crippen molar-refractivity contribution >= 4 is 46.3 Å². The van der Waals surface area contributed by atoms with Crippen molar-refractivity contribution in [3.8, 4) is 10.7 Å². The minimum Gasteiger partial charge on any atom is -0.323 e. The Balaban J connectivity index is 1.69. The molecule has 5 nitrogen and oxygen atoms in total. The molecule has 0 saturated carbocycles. The number of hydrogen-bond acceptors (Lipinski definition) is 5. The number of aromatic nitrogens is 3. The first-order chi connectivity index (χ1) is 12.0. The van der Waals surface area contributed by atoms with E-state index in [-0.39, 0.29) is 16.6 Å².